The smallest absolute Gasteiger partial charge is 0.326 e. The van der Waals surface area contributed by atoms with E-state index in [1.807, 2.05) is 0 Å². The molecule has 13 heavy (non-hydrogen) atoms. The van der Waals surface area contributed by atoms with Crippen molar-refractivity contribution >= 4 is 0 Å². The highest BCUT2D eigenvalue weighted by atomic mass is 19.4. The van der Waals surface area contributed by atoms with Gasteiger partial charge in [0.05, 0.1) is 5.56 Å². The van der Waals surface area contributed by atoms with E-state index in [2.05, 4.69) is 0 Å². The number of nitrogens with two attached hydrogens (primary N) is 1. The summed E-state index contributed by atoms with van der Waals surface area (Å²) < 4.78 is 36.6. The highest BCUT2D eigenvalue weighted by molar-refractivity contribution is 5.32. The second kappa shape index (κ2) is 3.38. The number of hydrogen-bond donors (Lipinski definition) is 1. The van der Waals surface area contributed by atoms with Gasteiger partial charge in [-0.1, -0.05) is 6.07 Å². The molecule has 0 saturated carbocycles. The fourth-order valence-corrected chi connectivity index (χ4v) is 1.07. The van der Waals surface area contributed by atoms with Crippen molar-refractivity contribution in [3.63, 3.8) is 0 Å². The predicted octanol–water partition coefficient (Wildman–Crippen LogP) is 2.47. The van der Waals surface area contributed by atoms with E-state index in [-0.39, 0.29) is 6.54 Å². The third-order valence-corrected chi connectivity index (χ3v) is 1.90. The first-order valence-electron chi connectivity index (χ1n) is 3.82. The molecule has 0 heterocycles. The quantitative estimate of drug-likeness (QED) is 0.721. The Morgan fingerprint density at radius 2 is 1.92 bits per heavy atom. The van der Waals surface area contributed by atoms with Crippen molar-refractivity contribution in [1.82, 2.24) is 0 Å². The lowest BCUT2D eigenvalue weighted by atomic mass is 10.1. The molecule has 1 aromatic carbocycles. The third-order valence-electron chi connectivity index (χ3n) is 1.90. The Morgan fingerprint density at radius 3 is 2.38 bits per heavy atom. The minimum absolute atomic E-state index is 0.135. The molecule has 0 saturated heterocycles. The maximum atomic E-state index is 12.2. The van der Waals surface area contributed by atoms with Gasteiger partial charge in [-0.05, 0) is 30.2 Å². The first-order valence-corrected chi connectivity index (χ1v) is 3.82. The van der Waals surface area contributed by atoms with E-state index in [4.69, 9.17) is 5.73 Å². The molecular weight excluding hydrogens is 179 g/mol. The highest BCUT2D eigenvalue weighted by Gasteiger charge is 2.30. The average Bonchev–Trinajstić information content (AvgIpc) is 2.03. The summed E-state index contributed by atoms with van der Waals surface area (Å²) in [7, 11) is 0. The van der Waals surface area contributed by atoms with Gasteiger partial charge < -0.3 is 5.73 Å². The normalized spacial score (nSPS) is 11.8. The molecule has 0 aliphatic heterocycles. The van der Waals surface area contributed by atoms with Crippen molar-refractivity contribution in [3.05, 3.63) is 34.9 Å². The topological polar surface area (TPSA) is 26.0 Å². The van der Waals surface area contributed by atoms with Gasteiger partial charge in [0.15, 0.2) is 0 Å². The van der Waals surface area contributed by atoms with E-state index in [9.17, 15) is 13.2 Å². The van der Waals surface area contributed by atoms with Gasteiger partial charge in [-0.2, -0.15) is 13.2 Å². The van der Waals surface area contributed by atoms with Crippen LogP contribution in [0.15, 0.2) is 18.2 Å². The molecule has 0 atom stereocenters. The van der Waals surface area contributed by atoms with Crippen LogP contribution in [0.25, 0.3) is 0 Å². The van der Waals surface area contributed by atoms with Crippen LogP contribution in [-0.4, -0.2) is 0 Å². The lowest BCUT2D eigenvalue weighted by Gasteiger charge is -2.09. The largest absolute Gasteiger partial charge is 0.416 e. The van der Waals surface area contributed by atoms with E-state index in [0.717, 1.165) is 17.7 Å². The van der Waals surface area contributed by atoms with Crippen molar-refractivity contribution in [3.8, 4) is 0 Å². The zero-order valence-corrected chi connectivity index (χ0v) is 7.15. The van der Waals surface area contributed by atoms with Crippen LogP contribution in [0.5, 0.6) is 0 Å². The predicted molar refractivity (Wildman–Crippen MR) is 44.1 cm³/mol. The number of hydrogen-bond acceptors (Lipinski definition) is 1. The molecule has 0 aliphatic rings. The highest BCUT2D eigenvalue weighted by Crippen LogP contribution is 2.30. The molecule has 0 spiro atoms. The monoisotopic (exact) mass is 189 g/mol. The standard InChI is InChI=1S/C9H10F3N/c1-6-2-3-8(9(10,11)12)4-7(6)5-13/h2-4H,5,13H2,1H3. The Morgan fingerprint density at radius 1 is 1.31 bits per heavy atom. The molecule has 0 unspecified atom stereocenters. The zero-order valence-electron chi connectivity index (χ0n) is 7.15. The lowest BCUT2D eigenvalue weighted by molar-refractivity contribution is -0.137. The average molecular weight is 189 g/mol. The maximum absolute atomic E-state index is 12.2. The van der Waals surface area contributed by atoms with Crippen LogP contribution in [0.3, 0.4) is 0 Å². The lowest BCUT2D eigenvalue weighted by Crippen LogP contribution is -2.07. The fourth-order valence-electron chi connectivity index (χ4n) is 1.07. The van der Waals surface area contributed by atoms with Crippen molar-refractivity contribution in [1.29, 1.82) is 0 Å². The van der Waals surface area contributed by atoms with Crippen LogP contribution in [0.4, 0.5) is 13.2 Å². The summed E-state index contributed by atoms with van der Waals surface area (Å²) in [4.78, 5) is 0. The molecule has 1 aromatic rings. The van der Waals surface area contributed by atoms with Crippen LogP contribution < -0.4 is 5.73 Å². The molecule has 0 amide bonds. The van der Waals surface area contributed by atoms with Gasteiger partial charge in [-0.3, -0.25) is 0 Å². The summed E-state index contributed by atoms with van der Waals surface area (Å²) in [5, 5.41) is 0. The minimum atomic E-state index is -4.28. The van der Waals surface area contributed by atoms with Crippen LogP contribution in [0.1, 0.15) is 16.7 Å². The van der Waals surface area contributed by atoms with E-state index in [0.29, 0.717) is 5.56 Å². The number of aryl methyl sites for hydroxylation is 1. The molecule has 0 aromatic heterocycles. The molecule has 0 aliphatic carbocycles. The molecule has 72 valence electrons. The zero-order chi connectivity index (χ0) is 10.1. The van der Waals surface area contributed by atoms with E-state index in [1.165, 1.54) is 6.07 Å². The Hall–Kier alpha value is -1.03. The summed E-state index contributed by atoms with van der Waals surface area (Å²) in [5.74, 6) is 0. The second-order valence-corrected chi connectivity index (χ2v) is 2.84. The van der Waals surface area contributed by atoms with E-state index < -0.39 is 11.7 Å². The second-order valence-electron chi connectivity index (χ2n) is 2.84. The van der Waals surface area contributed by atoms with Crippen LogP contribution in [0.2, 0.25) is 0 Å². The minimum Gasteiger partial charge on any atom is -0.326 e. The molecule has 0 fully saturated rings. The molecule has 1 nitrogen and oxygen atoms in total. The summed E-state index contributed by atoms with van der Waals surface area (Å²) in [6, 6.07) is 3.59. The van der Waals surface area contributed by atoms with E-state index >= 15 is 0 Å². The van der Waals surface area contributed by atoms with Gasteiger partial charge in [-0.25, -0.2) is 0 Å². The van der Waals surface area contributed by atoms with Gasteiger partial charge in [0.1, 0.15) is 0 Å². The molecule has 4 heteroatoms. The Balaban J connectivity index is 3.14. The van der Waals surface area contributed by atoms with Crippen molar-refractivity contribution in [2.24, 2.45) is 5.73 Å². The van der Waals surface area contributed by atoms with Crippen LogP contribution >= 0.6 is 0 Å². The summed E-state index contributed by atoms with van der Waals surface area (Å²) in [6.45, 7) is 1.87. The van der Waals surface area contributed by atoms with Gasteiger partial charge in [0, 0.05) is 6.54 Å². The van der Waals surface area contributed by atoms with Crippen molar-refractivity contribution < 1.29 is 13.2 Å². The van der Waals surface area contributed by atoms with Gasteiger partial charge in [0.2, 0.25) is 0 Å². The number of rotatable bonds is 1. The third kappa shape index (κ3) is 2.21. The van der Waals surface area contributed by atoms with Crippen LogP contribution in [0, 0.1) is 6.92 Å². The summed E-state index contributed by atoms with van der Waals surface area (Å²) >= 11 is 0. The van der Waals surface area contributed by atoms with E-state index in [1.54, 1.807) is 6.92 Å². The fraction of sp³-hybridized carbons (Fsp3) is 0.333. The summed E-state index contributed by atoms with van der Waals surface area (Å²) in [5.41, 5.74) is 5.98. The van der Waals surface area contributed by atoms with Gasteiger partial charge in [0.25, 0.3) is 0 Å². The molecular formula is C9H10F3N. The SMILES string of the molecule is Cc1ccc(C(F)(F)F)cc1CN. The van der Waals surface area contributed by atoms with Gasteiger partial charge >= 0.3 is 6.18 Å². The Kier molecular flexibility index (Phi) is 2.61. The van der Waals surface area contributed by atoms with Crippen LogP contribution in [-0.2, 0) is 12.7 Å². The number of halogens is 3. The maximum Gasteiger partial charge on any atom is 0.416 e. The molecule has 2 N–H and O–H groups in total. The number of benzene rings is 1. The summed E-state index contributed by atoms with van der Waals surface area (Å²) in [6.07, 6.45) is -4.28. The molecule has 1 rings (SSSR count). The first kappa shape index (κ1) is 10.1. The van der Waals surface area contributed by atoms with Crippen molar-refractivity contribution in [2.75, 3.05) is 0 Å². The number of alkyl halides is 3. The molecule has 0 radical (unpaired) electrons. The van der Waals surface area contributed by atoms with Gasteiger partial charge in [-0.15, -0.1) is 0 Å². The Labute approximate surface area is 74.4 Å². The van der Waals surface area contributed by atoms with Crippen molar-refractivity contribution in [2.45, 2.75) is 19.6 Å². The molecule has 0 bridgehead atoms. The first-order chi connectivity index (χ1) is 5.95. The Bertz CT molecular complexity index is 304.